The van der Waals surface area contributed by atoms with Gasteiger partial charge in [-0.3, -0.25) is 0 Å². The van der Waals surface area contributed by atoms with Crippen molar-refractivity contribution in [2.24, 2.45) is 0 Å². The molecule has 1 aromatic rings. The maximum Gasteiger partial charge on any atom is 0.340 e. The van der Waals surface area contributed by atoms with Crippen molar-refractivity contribution in [2.75, 3.05) is 12.5 Å². The van der Waals surface area contributed by atoms with Gasteiger partial charge in [0.1, 0.15) is 5.56 Å². The van der Waals surface area contributed by atoms with Crippen molar-refractivity contribution in [3.05, 3.63) is 11.8 Å². The third kappa shape index (κ3) is 3.62. The molecule has 11 heteroatoms. The van der Waals surface area contributed by atoms with E-state index < -0.39 is 41.4 Å². The molecule has 1 heterocycles. The summed E-state index contributed by atoms with van der Waals surface area (Å²) in [4.78, 5) is 17.3. The molecule has 18 heavy (non-hydrogen) atoms. The van der Waals surface area contributed by atoms with E-state index in [9.17, 15) is 21.6 Å². The molecule has 0 aliphatic carbocycles. The van der Waals surface area contributed by atoms with Gasteiger partial charge in [-0.05, 0) is 0 Å². The number of carboxylic acids is 1. The molecule has 0 amide bonds. The fourth-order valence-corrected chi connectivity index (χ4v) is 2.31. The zero-order valence-corrected chi connectivity index (χ0v) is 11.6. The van der Waals surface area contributed by atoms with Crippen molar-refractivity contribution >= 4 is 38.1 Å². The summed E-state index contributed by atoms with van der Waals surface area (Å²) in [6.07, 6.45) is 2.17. The molecule has 1 N–H and O–H groups in total. The van der Waals surface area contributed by atoms with E-state index in [1.165, 1.54) is 0 Å². The lowest BCUT2D eigenvalue weighted by molar-refractivity contribution is 0.0690. The predicted octanol–water partition coefficient (Wildman–Crippen LogP) is -0.596. The van der Waals surface area contributed by atoms with Gasteiger partial charge in [-0.25, -0.2) is 31.6 Å². The molecule has 0 aromatic carbocycles. The van der Waals surface area contributed by atoms with E-state index in [0.29, 0.717) is 6.20 Å². The Morgan fingerprint density at radius 3 is 2.00 bits per heavy atom. The minimum atomic E-state index is -3.96. The van der Waals surface area contributed by atoms with Crippen LogP contribution >= 0.6 is 12.4 Å². The van der Waals surface area contributed by atoms with Crippen LogP contribution < -0.4 is 0 Å². The molecule has 0 radical (unpaired) electrons. The van der Waals surface area contributed by atoms with Crippen LogP contribution in [0.4, 0.5) is 0 Å². The summed E-state index contributed by atoms with van der Waals surface area (Å²) in [7, 11) is -7.77. The van der Waals surface area contributed by atoms with E-state index in [-0.39, 0.29) is 12.4 Å². The van der Waals surface area contributed by atoms with Gasteiger partial charge in [0.15, 0.2) is 14.9 Å². The molecule has 0 aliphatic rings. The highest BCUT2D eigenvalue weighted by molar-refractivity contribution is 7.91. The molecule has 0 atom stereocenters. The first-order chi connectivity index (χ1) is 7.53. The van der Waals surface area contributed by atoms with Gasteiger partial charge in [0.25, 0.3) is 0 Å². The topological polar surface area (TPSA) is 131 Å². The highest BCUT2D eigenvalue weighted by Gasteiger charge is 2.24. The number of sulfone groups is 2. The molecular weight excluding hydrogens is 308 g/mol. The predicted molar refractivity (Wildman–Crippen MR) is 62.5 cm³/mol. The second-order valence-electron chi connectivity index (χ2n) is 3.22. The molecule has 0 spiro atoms. The van der Waals surface area contributed by atoms with Crippen molar-refractivity contribution in [1.29, 1.82) is 0 Å². The molecule has 1 aromatic heterocycles. The summed E-state index contributed by atoms with van der Waals surface area (Å²) >= 11 is 0. The largest absolute Gasteiger partial charge is 0.478 e. The molecule has 0 fully saturated rings. The second kappa shape index (κ2) is 5.16. The SMILES string of the molecule is CS(=O)(=O)c1ncc(C(=O)O)c(S(C)(=O)=O)n1.Cl. The molecule has 102 valence electrons. The molecule has 0 unspecified atom stereocenters. The van der Waals surface area contributed by atoms with Crippen LogP contribution in [0.25, 0.3) is 0 Å². The fraction of sp³-hybridized carbons (Fsp3) is 0.286. The van der Waals surface area contributed by atoms with Crippen molar-refractivity contribution < 1.29 is 26.7 Å². The van der Waals surface area contributed by atoms with Crippen LogP contribution in [-0.2, 0) is 19.7 Å². The Morgan fingerprint density at radius 2 is 1.67 bits per heavy atom. The summed E-state index contributed by atoms with van der Waals surface area (Å²) < 4.78 is 44.8. The van der Waals surface area contributed by atoms with E-state index in [4.69, 9.17) is 5.11 Å². The highest BCUT2D eigenvalue weighted by Crippen LogP contribution is 2.14. The Labute approximate surface area is 109 Å². The van der Waals surface area contributed by atoms with E-state index in [0.717, 1.165) is 12.5 Å². The number of aromatic carboxylic acids is 1. The number of carbonyl (C=O) groups is 1. The van der Waals surface area contributed by atoms with E-state index in [1.54, 1.807) is 0 Å². The van der Waals surface area contributed by atoms with Gasteiger partial charge in [0.2, 0.25) is 15.0 Å². The number of hydrogen-bond donors (Lipinski definition) is 1. The summed E-state index contributed by atoms with van der Waals surface area (Å²) in [5.74, 6) is -1.55. The van der Waals surface area contributed by atoms with Crippen molar-refractivity contribution in [1.82, 2.24) is 9.97 Å². The van der Waals surface area contributed by atoms with Gasteiger partial charge in [-0.15, -0.1) is 12.4 Å². The Kier molecular flexibility index (Phi) is 4.80. The van der Waals surface area contributed by atoms with Crippen LogP contribution in [-0.4, -0.2) is 50.4 Å². The summed E-state index contributed by atoms with van der Waals surface area (Å²) in [5.41, 5.74) is -0.667. The lowest BCUT2D eigenvalue weighted by Gasteiger charge is -2.04. The number of carboxylic acid groups (broad SMARTS) is 1. The van der Waals surface area contributed by atoms with Crippen LogP contribution in [0, 0.1) is 0 Å². The fourth-order valence-electron chi connectivity index (χ4n) is 0.959. The minimum absolute atomic E-state index is 0. The lowest BCUT2D eigenvalue weighted by atomic mass is 10.3. The Balaban J connectivity index is 0.00000289. The summed E-state index contributed by atoms with van der Waals surface area (Å²) in [5, 5.41) is 7.18. The monoisotopic (exact) mass is 316 g/mol. The first-order valence-electron chi connectivity index (χ1n) is 4.04. The zero-order chi connectivity index (χ0) is 13.4. The summed E-state index contributed by atoms with van der Waals surface area (Å²) in [6.45, 7) is 0. The normalized spacial score (nSPS) is 11.7. The second-order valence-corrected chi connectivity index (χ2v) is 7.06. The van der Waals surface area contributed by atoms with Gasteiger partial charge in [-0.1, -0.05) is 0 Å². The van der Waals surface area contributed by atoms with Gasteiger partial charge in [-0.2, -0.15) is 0 Å². The standard InChI is InChI=1S/C7H8N2O6S2.ClH/c1-16(12,13)5-4(6(10)11)3-8-7(9-5)17(2,14)15;/h3H,1-2H3,(H,10,11);1H. The highest BCUT2D eigenvalue weighted by atomic mass is 35.5. The Bertz CT molecular complexity index is 682. The van der Waals surface area contributed by atoms with Gasteiger partial charge in [0.05, 0.1) is 0 Å². The maximum absolute atomic E-state index is 11.3. The van der Waals surface area contributed by atoms with Gasteiger partial charge >= 0.3 is 5.97 Å². The lowest BCUT2D eigenvalue weighted by Crippen LogP contribution is -2.15. The maximum atomic E-state index is 11.3. The average Bonchev–Trinajstić information content (AvgIpc) is 2.14. The van der Waals surface area contributed by atoms with Gasteiger partial charge < -0.3 is 5.11 Å². The molecule has 8 nitrogen and oxygen atoms in total. The number of aromatic nitrogens is 2. The van der Waals surface area contributed by atoms with Crippen LogP contribution in [0.3, 0.4) is 0 Å². The number of nitrogens with zero attached hydrogens (tertiary/aromatic N) is 2. The van der Waals surface area contributed by atoms with Crippen molar-refractivity contribution in [2.45, 2.75) is 10.2 Å². The van der Waals surface area contributed by atoms with Crippen LogP contribution in [0.1, 0.15) is 10.4 Å². The van der Waals surface area contributed by atoms with Crippen LogP contribution in [0.2, 0.25) is 0 Å². The molecule has 0 bridgehead atoms. The first-order valence-corrected chi connectivity index (χ1v) is 7.82. The van der Waals surface area contributed by atoms with E-state index >= 15 is 0 Å². The average molecular weight is 317 g/mol. The Morgan fingerprint density at radius 1 is 1.17 bits per heavy atom. The Hall–Kier alpha value is -1.26. The molecule has 0 saturated heterocycles. The molecular formula is C7H9ClN2O6S2. The zero-order valence-electron chi connectivity index (χ0n) is 9.18. The van der Waals surface area contributed by atoms with Gasteiger partial charge in [0, 0.05) is 18.7 Å². The quantitative estimate of drug-likeness (QED) is 0.577. The number of halogens is 1. The van der Waals surface area contributed by atoms with E-state index in [2.05, 4.69) is 9.97 Å². The third-order valence-electron chi connectivity index (χ3n) is 1.64. The molecule has 0 saturated carbocycles. The van der Waals surface area contributed by atoms with Crippen molar-refractivity contribution in [3.63, 3.8) is 0 Å². The number of hydrogen-bond acceptors (Lipinski definition) is 7. The summed E-state index contributed by atoms with van der Waals surface area (Å²) in [6, 6.07) is 0. The third-order valence-corrected chi connectivity index (χ3v) is 3.52. The van der Waals surface area contributed by atoms with Crippen molar-refractivity contribution in [3.8, 4) is 0 Å². The van der Waals surface area contributed by atoms with Crippen LogP contribution in [0.5, 0.6) is 0 Å². The van der Waals surface area contributed by atoms with Crippen LogP contribution in [0.15, 0.2) is 16.4 Å². The number of rotatable bonds is 3. The smallest absolute Gasteiger partial charge is 0.340 e. The molecule has 1 rings (SSSR count). The minimum Gasteiger partial charge on any atom is -0.478 e. The van der Waals surface area contributed by atoms with E-state index in [1.807, 2.05) is 0 Å². The first kappa shape index (κ1) is 16.7. The molecule has 0 aliphatic heterocycles.